The molecule has 0 amide bonds. The van der Waals surface area contributed by atoms with Gasteiger partial charge in [-0.15, -0.1) is 5.46 Å². The maximum atomic E-state index is 12.9. The first kappa shape index (κ1) is 15.3. The summed E-state index contributed by atoms with van der Waals surface area (Å²) in [5, 5.41) is 0. The Morgan fingerprint density at radius 2 is 1.80 bits per heavy atom. The fourth-order valence-electron chi connectivity index (χ4n) is 1.02. The normalized spacial score (nSPS) is 10.7. The molecule has 0 atom stereocenters. The molecule has 0 aliphatic carbocycles. The Balaban J connectivity index is 0.00000196. The summed E-state index contributed by atoms with van der Waals surface area (Å²) in [5.74, 6) is -1.72. The molecule has 0 saturated carbocycles. The van der Waals surface area contributed by atoms with Crippen LogP contribution in [-0.4, -0.2) is 12.8 Å². The predicted octanol–water partition coefficient (Wildman–Crippen LogP) is -0.913. The van der Waals surface area contributed by atoms with E-state index in [1.807, 2.05) is 0 Å². The number of halogens is 4. The number of ketones is 1. The van der Waals surface area contributed by atoms with Crippen molar-refractivity contribution in [2.45, 2.75) is 6.92 Å². The molecule has 1 aromatic carbocycles. The zero-order chi connectivity index (χ0) is 10.9. The zero-order valence-electron chi connectivity index (χ0n) is 8.23. The summed E-state index contributed by atoms with van der Waals surface area (Å²) < 4.78 is 49.3. The van der Waals surface area contributed by atoms with Crippen molar-refractivity contribution in [1.29, 1.82) is 0 Å². The Bertz CT molecular complexity index is 377. The average molecular weight is 244 g/mol. The molecule has 0 saturated heterocycles. The van der Waals surface area contributed by atoms with Crippen LogP contribution in [0.4, 0.5) is 17.3 Å². The molecule has 0 heterocycles. The molecular formula is C8H6BF4KO. The van der Waals surface area contributed by atoms with Crippen molar-refractivity contribution >= 4 is 18.2 Å². The molecular weight excluding hydrogens is 238 g/mol. The molecule has 0 unspecified atom stereocenters. The Morgan fingerprint density at radius 1 is 1.27 bits per heavy atom. The van der Waals surface area contributed by atoms with Crippen LogP contribution >= 0.6 is 0 Å². The van der Waals surface area contributed by atoms with Crippen LogP contribution in [-0.2, 0) is 0 Å². The number of rotatable bonds is 2. The second kappa shape index (κ2) is 5.58. The van der Waals surface area contributed by atoms with Crippen molar-refractivity contribution in [3.05, 3.63) is 29.6 Å². The van der Waals surface area contributed by atoms with Gasteiger partial charge in [0.05, 0.1) is 5.56 Å². The minimum atomic E-state index is -5.21. The summed E-state index contributed by atoms with van der Waals surface area (Å²) in [4.78, 5) is 10.7. The Morgan fingerprint density at radius 3 is 2.13 bits per heavy atom. The molecule has 0 radical (unpaired) electrons. The quantitative estimate of drug-likeness (QED) is 0.374. The molecule has 0 spiro atoms. The van der Waals surface area contributed by atoms with Gasteiger partial charge < -0.3 is 12.9 Å². The second-order valence-electron chi connectivity index (χ2n) is 2.87. The van der Waals surface area contributed by atoms with E-state index >= 15 is 0 Å². The SMILES string of the molecule is CC(=O)c1ccc([B-](F)(F)F)cc1F.[K+]. The zero-order valence-corrected chi connectivity index (χ0v) is 11.4. The van der Waals surface area contributed by atoms with Crippen LogP contribution in [0, 0.1) is 5.82 Å². The molecule has 0 N–H and O–H groups in total. The smallest absolute Gasteiger partial charge is 0.445 e. The molecule has 76 valence electrons. The fraction of sp³-hybridized carbons (Fsp3) is 0.125. The van der Waals surface area contributed by atoms with E-state index in [-0.39, 0.29) is 56.9 Å². The van der Waals surface area contributed by atoms with Gasteiger partial charge in [0, 0.05) is 0 Å². The van der Waals surface area contributed by atoms with Gasteiger partial charge in [-0.3, -0.25) is 4.79 Å². The molecule has 1 rings (SSSR count). The summed E-state index contributed by atoms with van der Waals surface area (Å²) in [6.45, 7) is -4.12. The fourth-order valence-corrected chi connectivity index (χ4v) is 1.02. The largest absolute Gasteiger partial charge is 1.00 e. The molecule has 1 nitrogen and oxygen atoms in total. The van der Waals surface area contributed by atoms with E-state index < -0.39 is 24.0 Å². The number of hydrogen-bond donors (Lipinski definition) is 0. The number of carbonyl (C=O) groups is 1. The molecule has 0 fully saturated rings. The molecule has 7 heteroatoms. The van der Waals surface area contributed by atoms with Crippen LogP contribution < -0.4 is 56.8 Å². The molecule has 0 bridgehead atoms. The standard InChI is InChI=1S/C8H6BF4O.K/c1-5(14)7-3-2-6(4-8(7)10)9(11,12)13;/h2-4H,1H3;/q-1;+1. The van der Waals surface area contributed by atoms with Gasteiger partial charge in [0.25, 0.3) is 0 Å². The number of Topliss-reactive ketones (excluding diaryl/α,β-unsaturated/α-hetero) is 1. The van der Waals surface area contributed by atoms with Gasteiger partial charge in [-0.2, -0.15) is 0 Å². The summed E-state index contributed by atoms with van der Waals surface area (Å²) in [6, 6.07) is 1.90. The summed E-state index contributed by atoms with van der Waals surface area (Å²) >= 11 is 0. The van der Waals surface area contributed by atoms with Crippen molar-refractivity contribution in [2.75, 3.05) is 0 Å². The molecule has 1 aromatic rings. The third kappa shape index (κ3) is 3.99. The van der Waals surface area contributed by atoms with Crippen LogP contribution in [0.15, 0.2) is 18.2 Å². The Labute approximate surface area is 127 Å². The minimum Gasteiger partial charge on any atom is -0.445 e. The van der Waals surface area contributed by atoms with Gasteiger partial charge in [0.2, 0.25) is 0 Å². The van der Waals surface area contributed by atoms with Crippen molar-refractivity contribution in [2.24, 2.45) is 0 Å². The van der Waals surface area contributed by atoms with Gasteiger partial charge in [-0.25, -0.2) is 4.39 Å². The maximum absolute atomic E-state index is 12.9. The van der Waals surface area contributed by atoms with Crippen molar-refractivity contribution < 1.29 is 73.5 Å². The summed E-state index contributed by atoms with van der Waals surface area (Å²) in [7, 11) is 0. The van der Waals surface area contributed by atoms with E-state index in [4.69, 9.17) is 0 Å². The van der Waals surface area contributed by atoms with Gasteiger partial charge >= 0.3 is 58.4 Å². The predicted molar refractivity (Wildman–Crippen MR) is 45.1 cm³/mol. The molecule has 0 aromatic heterocycles. The van der Waals surface area contributed by atoms with E-state index in [1.165, 1.54) is 0 Å². The summed E-state index contributed by atoms with van der Waals surface area (Å²) in [6.07, 6.45) is 0. The van der Waals surface area contributed by atoms with Crippen LogP contribution in [0.25, 0.3) is 0 Å². The Kier molecular flexibility index (Phi) is 5.70. The maximum Gasteiger partial charge on any atom is 1.00 e. The van der Waals surface area contributed by atoms with Crippen molar-refractivity contribution in [3.63, 3.8) is 0 Å². The van der Waals surface area contributed by atoms with E-state index in [9.17, 15) is 22.1 Å². The van der Waals surface area contributed by atoms with Crippen LogP contribution in [0.1, 0.15) is 17.3 Å². The van der Waals surface area contributed by atoms with E-state index in [0.29, 0.717) is 12.1 Å². The third-order valence-corrected chi connectivity index (χ3v) is 1.75. The van der Waals surface area contributed by atoms with Crippen molar-refractivity contribution in [1.82, 2.24) is 0 Å². The van der Waals surface area contributed by atoms with Gasteiger partial charge in [-0.05, 0) is 6.92 Å². The minimum absolute atomic E-state index is 0. The average Bonchev–Trinajstić information content (AvgIpc) is 2.01. The van der Waals surface area contributed by atoms with E-state index in [2.05, 4.69) is 0 Å². The van der Waals surface area contributed by atoms with Crippen LogP contribution in [0.3, 0.4) is 0 Å². The number of benzene rings is 1. The van der Waals surface area contributed by atoms with E-state index in [0.717, 1.165) is 13.0 Å². The molecule has 0 aliphatic heterocycles. The van der Waals surface area contributed by atoms with Gasteiger partial charge in [0.1, 0.15) is 5.82 Å². The van der Waals surface area contributed by atoms with Crippen LogP contribution in [0.5, 0.6) is 0 Å². The van der Waals surface area contributed by atoms with Gasteiger partial charge in [0.15, 0.2) is 5.78 Å². The van der Waals surface area contributed by atoms with Crippen molar-refractivity contribution in [3.8, 4) is 0 Å². The third-order valence-electron chi connectivity index (χ3n) is 1.75. The first-order valence-corrected chi connectivity index (χ1v) is 3.82. The van der Waals surface area contributed by atoms with E-state index in [1.54, 1.807) is 0 Å². The summed E-state index contributed by atoms with van der Waals surface area (Å²) in [5.41, 5.74) is -1.36. The van der Waals surface area contributed by atoms with Gasteiger partial charge in [-0.1, -0.05) is 18.2 Å². The monoisotopic (exact) mass is 244 g/mol. The number of hydrogen-bond acceptors (Lipinski definition) is 1. The number of carbonyl (C=O) groups excluding carboxylic acids is 1. The molecule has 15 heavy (non-hydrogen) atoms. The first-order chi connectivity index (χ1) is 6.32. The second-order valence-corrected chi connectivity index (χ2v) is 2.87. The topological polar surface area (TPSA) is 17.1 Å². The first-order valence-electron chi connectivity index (χ1n) is 3.82. The Hall–Kier alpha value is 0.311. The van der Waals surface area contributed by atoms with Crippen LogP contribution in [0.2, 0.25) is 0 Å². The molecule has 0 aliphatic rings.